The molecule has 114 valence electrons. The summed E-state index contributed by atoms with van der Waals surface area (Å²) in [6, 6.07) is 6.51. The number of amides is 2. The number of hydrogen-bond donors (Lipinski definition) is 2. The quantitative estimate of drug-likeness (QED) is 0.896. The topological polar surface area (TPSA) is 69.6 Å². The lowest BCUT2D eigenvalue weighted by Gasteiger charge is -2.31. The predicted molar refractivity (Wildman–Crippen MR) is 83.7 cm³/mol. The number of rotatable bonds is 4. The van der Waals surface area contributed by atoms with Crippen LogP contribution in [-0.4, -0.2) is 46.1 Å². The molecule has 1 unspecified atom stereocenters. The largest absolute Gasteiger partial charge is 0.478 e. The summed E-state index contributed by atoms with van der Waals surface area (Å²) >= 11 is 1.93. The Morgan fingerprint density at radius 3 is 2.71 bits per heavy atom. The number of aromatic carboxylic acids is 1. The van der Waals surface area contributed by atoms with Gasteiger partial charge in [0.15, 0.2) is 0 Å². The minimum absolute atomic E-state index is 0.0453. The molecule has 2 N–H and O–H groups in total. The van der Waals surface area contributed by atoms with Crippen molar-refractivity contribution in [1.82, 2.24) is 10.2 Å². The summed E-state index contributed by atoms with van der Waals surface area (Å²) in [7, 11) is 0. The molecule has 2 amide bonds. The Kier molecular flexibility index (Phi) is 5.50. The third-order valence-corrected chi connectivity index (χ3v) is 4.90. The lowest BCUT2D eigenvalue weighted by molar-refractivity contribution is 0.0697. The number of nitrogens with zero attached hydrogens (tertiary/aromatic N) is 1. The van der Waals surface area contributed by atoms with E-state index in [1.165, 1.54) is 0 Å². The van der Waals surface area contributed by atoms with Gasteiger partial charge in [0.2, 0.25) is 0 Å². The number of carboxylic acids is 1. The molecule has 6 heteroatoms. The SMILES string of the molecule is CCC1CN(C(=O)NCc2ccc(C(=O)O)cc2)CCS1. The second-order valence-corrected chi connectivity index (χ2v) is 6.42. The molecule has 0 aromatic heterocycles. The number of hydrogen-bond acceptors (Lipinski definition) is 3. The zero-order chi connectivity index (χ0) is 15.2. The van der Waals surface area contributed by atoms with Gasteiger partial charge in [0.25, 0.3) is 0 Å². The van der Waals surface area contributed by atoms with E-state index in [1.54, 1.807) is 24.3 Å². The number of carbonyl (C=O) groups is 2. The van der Waals surface area contributed by atoms with Gasteiger partial charge in [-0.25, -0.2) is 9.59 Å². The fraction of sp³-hybridized carbons (Fsp3) is 0.467. The highest BCUT2D eigenvalue weighted by molar-refractivity contribution is 8.00. The molecule has 1 aromatic rings. The number of thioether (sulfide) groups is 1. The second-order valence-electron chi connectivity index (χ2n) is 5.01. The van der Waals surface area contributed by atoms with Crippen LogP contribution in [0.15, 0.2) is 24.3 Å². The zero-order valence-corrected chi connectivity index (χ0v) is 12.9. The van der Waals surface area contributed by atoms with Gasteiger partial charge in [0, 0.05) is 30.6 Å². The van der Waals surface area contributed by atoms with Gasteiger partial charge in [0.05, 0.1) is 5.56 Å². The first-order valence-corrected chi connectivity index (χ1v) is 8.11. The van der Waals surface area contributed by atoms with Gasteiger partial charge >= 0.3 is 12.0 Å². The third-order valence-electron chi connectivity index (χ3n) is 3.53. The average molecular weight is 308 g/mol. The molecule has 1 aliphatic rings. The van der Waals surface area contributed by atoms with Crippen LogP contribution in [0.4, 0.5) is 4.79 Å². The monoisotopic (exact) mass is 308 g/mol. The maximum atomic E-state index is 12.1. The molecule has 2 rings (SSSR count). The summed E-state index contributed by atoms with van der Waals surface area (Å²) in [6.07, 6.45) is 1.07. The Hall–Kier alpha value is -1.69. The van der Waals surface area contributed by atoms with E-state index in [2.05, 4.69) is 12.2 Å². The summed E-state index contributed by atoms with van der Waals surface area (Å²) in [4.78, 5) is 24.7. The van der Waals surface area contributed by atoms with Crippen molar-refractivity contribution in [1.29, 1.82) is 0 Å². The van der Waals surface area contributed by atoms with E-state index in [-0.39, 0.29) is 11.6 Å². The van der Waals surface area contributed by atoms with E-state index in [0.29, 0.717) is 11.8 Å². The number of carbonyl (C=O) groups excluding carboxylic acids is 1. The molecule has 0 aliphatic carbocycles. The second kappa shape index (κ2) is 7.36. The first kappa shape index (κ1) is 15.7. The van der Waals surface area contributed by atoms with Gasteiger partial charge in [-0.1, -0.05) is 19.1 Å². The van der Waals surface area contributed by atoms with Crippen LogP contribution in [0.2, 0.25) is 0 Å². The predicted octanol–water partition coefficient (Wildman–Crippen LogP) is 2.42. The highest BCUT2D eigenvalue weighted by Crippen LogP contribution is 2.20. The lowest BCUT2D eigenvalue weighted by atomic mass is 10.1. The van der Waals surface area contributed by atoms with Crippen molar-refractivity contribution < 1.29 is 14.7 Å². The van der Waals surface area contributed by atoms with Crippen LogP contribution in [0.25, 0.3) is 0 Å². The van der Waals surface area contributed by atoms with Crippen LogP contribution < -0.4 is 5.32 Å². The van der Waals surface area contributed by atoms with Crippen molar-refractivity contribution in [2.24, 2.45) is 0 Å². The maximum Gasteiger partial charge on any atom is 0.335 e. The Balaban J connectivity index is 1.84. The average Bonchev–Trinajstić information content (AvgIpc) is 2.53. The summed E-state index contributed by atoms with van der Waals surface area (Å²) in [5.41, 5.74) is 1.15. The minimum atomic E-state index is -0.943. The van der Waals surface area contributed by atoms with E-state index < -0.39 is 5.97 Å². The molecule has 1 fully saturated rings. The molecule has 0 bridgehead atoms. The normalized spacial score (nSPS) is 18.3. The number of urea groups is 1. The molecule has 1 aromatic carbocycles. The molecule has 1 atom stereocenters. The standard InChI is InChI=1S/C15H20N2O3S/c1-2-13-10-17(7-8-21-13)15(20)16-9-11-3-5-12(6-4-11)14(18)19/h3-6,13H,2,7-10H2,1H3,(H,16,20)(H,18,19). The highest BCUT2D eigenvalue weighted by Gasteiger charge is 2.22. The van der Waals surface area contributed by atoms with Gasteiger partial charge in [-0.3, -0.25) is 0 Å². The molecule has 21 heavy (non-hydrogen) atoms. The van der Waals surface area contributed by atoms with Crippen LogP contribution in [0.1, 0.15) is 29.3 Å². The summed E-state index contributed by atoms with van der Waals surface area (Å²) < 4.78 is 0. The van der Waals surface area contributed by atoms with E-state index >= 15 is 0 Å². The molecule has 0 saturated carbocycles. The van der Waals surface area contributed by atoms with Crippen LogP contribution in [0.5, 0.6) is 0 Å². The summed E-state index contributed by atoms with van der Waals surface area (Å²) in [5.74, 6) is 0.0428. The molecule has 1 saturated heterocycles. The van der Waals surface area contributed by atoms with Crippen molar-refractivity contribution in [3.8, 4) is 0 Å². The van der Waals surface area contributed by atoms with E-state index in [1.807, 2.05) is 16.7 Å². The molecule has 5 nitrogen and oxygen atoms in total. The van der Waals surface area contributed by atoms with Crippen LogP contribution in [-0.2, 0) is 6.54 Å². The van der Waals surface area contributed by atoms with Gasteiger partial charge in [-0.05, 0) is 24.1 Å². The highest BCUT2D eigenvalue weighted by atomic mass is 32.2. The van der Waals surface area contributed by atoms with Gasteiger partial charge in [-0.2, -0.15) is 11.8 Å². The molecule has 1 heterocycles. The van der Waals surface area contributed by atoms with Gasteiger partial charge in [-0.15, -0.1) is 0 Å². The van der Waals surface area contributed by atoms with Crippen molar-refractivity contribution in [3.63, 3.8) is 0 Å². The van der Waals surface area contributed by atoms with E-state index in [4.69, 9.17) is 5.11 Å². The first-order chi connectivity index (χ1) is 10.1. The molecule has 1 aliphatic heterocycles. The van der Waals surface area contributed by atoms with E-state index in [0.717, 1.165) is 30.8 Å². The number of benzene rings is 1. The number of nitrogens with one attached hydrogen (secondary N) is 1. The molecular weight excluding hydrogens is 288 g/mol. The fourth-order valence-electron chi connectivity index (χ4n) is 2.21. The Morgan fingerprint density at radius 2 is 2.10 bits per heavy atom. The van der Waals surface area contributed by atoms with Crippen LogP contribution in [0.3, 0.4) is 0 Å². The zero-order valence-electron chi connectivity index (χ0n) is 12.0. The lowest BCUT2D eigenvalue weighted by Crippen LogP contribution is -2.46. The third kappa shape index (κ3) is 4.39. The van der Waals surface area contributed by atoms with Crippen molar-refractivity contribution in [3.05, 3.63) is 35.4 Å². The Labute approximate surface area is 128 Å². The van der Waals surface area contributed by atoms with E-state index in [9.17, 15) is 9.59 Å². The number of carboxylic acid groups (broad SMARTS) is 1. The Morgan fingerprint density at radius 1 is 1.38 bits per heavy atom. The van der Waals surface area contributed by atoms with Crippen molar-refractivity contribution >= 4 is 23.8 Å². The van der Waals surface area contributed by atoms with Crippen molar-refractivity contribution in [2.75, 3.05) is 18.8 Å². The van der Waals surface area contributed by atoms with Crippen molar-refractivity contribution in [2.45, 2.75) is 25.1 Å². The maximum absolute atomic E-state index is 12.1. The minimum Gasteiger partial charge on any atom is -0.478 e. The smallest absolute Gasteiger partial charge is 0.335 e. The van der Waals surface area contributed by atoms with Crippen LogP contribution in [0, 0.1) is 0 Å². The van der Waals surface area contributed by atoms with Gasteiger partial charge < -0.3 is 15.3 Å². The Bertz CT molecular complexity index is 504. The fourth-order valence-corrected chi connectivity index (χ4v) is 3.39. The molecule has 0 spiro atoms. The first-order valence-electron chi connectivity index (χ1n) is 7.06. The van der Waals surface area contributed by atoms with Gasteiger partial charge in [0.1, 0.15) is 0 Å². The summed E-state index contributed by atoms with van der Waals surface area (Å²) in [6.45, 7) is 4.14. The molecular formula is C15H20N2O3S. The summed E-state index contributed by atoms with van der Waals surface area (Å²) in [5, 5.41) is 12.3. The molecule has 0 radical (unpaired) electrons. The van der Waals surface area contributed by atoms with Crippen LogP contribution >= 0.6 is 11.8 Å².